The van der Waals surface area contributed by atoms with Crippen molar-refractivity contribution < 1.29 is 34.0 Å². The molecule has 9 heteroatoms. The summed E-state index contributed by atoms with van der Waals surface area (Å²) in [7, 11) is 0. The minimum absolute atomic E-state index is 0.296. The quantitative estimate of drug-likeness (QED) is 0.294. The van der Waals surface area contributed by atoms with Crippen molar-refractivity contribution in [1.82, 2.24) is 0 Å². The van der Waals surface area contributed by atoms with Crippen molar-refractivity contribution in [2.45, 2.75) is 25.7 Å². The van der Waals surface area contributed by atoms with Crippen LogP contribution in [0.15, 0.2) is 0 Å². The Kier molecular flexibility index (Phi) is 21.6. The van der Waals surface area contributed by atoms with Crippen LogP contribution in [0.3, 0.4) is 0 Å². The van der Waals surface area contributed by atoms with Crippen molar-refractivity contribution in [1.29, 1.82) is 0 Å². The standard InChI is InChI=1S/C10H24N2O3.C4H6O4/c11-3-1-5-13-7-9-15-10-8-14-6-2-4-12;5-3(6)1-2-4(7)8/h1-12H2;1-2H2,(H,5,6)(H,7,8). The van der Waals surface area contributed by atoms with Crippen LogP contribution in [0.4, 0.5) is 0 Å². The number of hydrogen-bond donors (Lipinski definition) is 4. The third kappa shape index (κ3) is 29.4. The minimum Gasteiger partial charge on any atom is -0.481 e. The zero-order valence-electron chi connectivity index (χ0n) is 13.6. The SMILES string of the molecule is NCCCOCCOCCOCCCN.O=C(O)CCC(=O)O. The maximum absolute atomic E-state index is 9.64. The van der Waals surface area contributed by atoms with Gasteiger partial charge in [-0.25, -0.2) is 0 Å². The molecule has 138 valence electrons. The minimum atomic E-state index is -1.08. The second-order valence-electron chi connectivity index (χ2n) is 4.41. The van der Waals surface area contributed by atoms with E-state index in [2.05, 4.69) is 0 Å². The highest BCUT2D eigenvalue weighted by Crippen LogP contribution is 1.86. The normalized spacial score (nSPS) is 10.0. The van der Waals surface area contributed by atoms with Gasteiger partial charge in [0, 0.05) is 13.2 Å². The molecular formula is C14H30N2O7. The summed E-state index contributed by atoms with van der Waals surface area (Å²) in [6.07, 6.45) is 1.22. The van der Waals surface area contributed by atoms with Crippen LogP contribution in [-0.4, -0.2) is 74.9 Å². The van der Waals surface area contributed by atoms with Gasteiger partial charge in [0.2, 0.25) is 0 Å². The van der Waals surface area contributed by atoms with E-state index in [9.17, 15) is 9.59 Å². The molecule has 0 aliphatic heterocycles. The monoisotopic (exact) mass is 338 g/mol. The van der Waals surface area contributed by atoms with Crippen LogP contribution >= 0.6 is 0 Å². The van der Waals surface area contributed by atoms with Crippen LogP contribution in [-0.2, 0) is 23.8 Å². The van der Waals surface area contributed by atoms with E-state index in [4.69, 9.17) is 35.9 Å². The van der Waals surface area contributed by atoms with Gasteiger partial charge in [0.05, 0.1) is 39.3 Å². The average molecular weight is 338 g/mol. The molecule has 0 radical (unpaired) electrons. The second-order valence-corrected chi connectivity index (χ2v) is 4.41. The lowest BCUT2D eigenvalue weighted by Crippen LogP contribution is -2.12. The van der Waals surface area contributed by atoms with E-state index in [-0.39, 0.29) is 12.8 Å². The van der Waals surface area contributed by atoms with Gasteiger partial charge in [-0.15, -0.1) is 0 Å². The number of carboxylic acid groups (broad SMARTS) is 2. The lowest BCUT2D eigenvalue weighted by Gasteiger charge is -2.06. The van der Waals surface area contributed by atoms with Crippen LogP contribution < -0.4 is 11.5 Å². The van der Waals surface area contributed by atoms with Crippen molar-refractivity contribution in [3.63, 3.8) is 0 Å². The molecule has 0 atom stereocenters. The van der Waals surface area contributed by atoms with Crippen molar-refractivity contribution in [3.8, 4) is 0 Å². The Morgan fingerprint density at radius 3 is 1.22 bits per heavy atom. The molecule has 0 aromatic heterocycles. The molecule has 6 N–H and O–H groups in total. The summed E-state index contributed by atoms with van der Waals surface area (Å²) in [5, 5.41) is 15.8. The Labute approximate surface area is 136 Å². The van der Waals surface area contributed by atoms with Crippen LogP contribution in [0.25, 0.3) is 0 Å². The van der Waals surface area contributed by atoms with E-state index in [0.29, 0.717) is 52.7 Å². The highest BCUT2D eigenvalue weighted by molar-refractivity contribution is 5.75. The first kappa shape index (κ1) is 24.0. The van der Waals surface area contributed by atoms with Gasteiger partial charge in [-0.3, -0.25) is 9.59 Å². The van der Waals surface area contributed by atoms with E-state index < -0.39 is 11.9 Å². The number of carbonyl (C=O) groups is 2. The number of carboxylic acids is 2. The molecule has 23 heavy (non-hydrogen) atoms. The lowest BCUT2D eigenvalue weighted by atomic mass is 10.3. The number of nitrogens with two attached hydrogens (primary N) is 2. The van der Waals surface area contributed by atoms with Crippen LogP contribution in [0.2, 0.25) is 0 Å². The van der Waals surface area contributed by atoms with Gasteiger partial charge in [-0.05, 0) is 25.9 Å². The first-order chi connectivity index (χ1) is 11.0. The molecule has 0 bridgehead atoms. The lowest BCUT2D eigenvalue weighted by molar-refractivity contribution is -0.143. The molecule has 0 fully saturated rings. The highest BCUT2D eigenvalue weighted by atomic mass is 16.5. The maximum atomic E-state index is 9.64. The number of aliphatic carboxylic acids is 2. The molecule has 0 saturated heterocycles. The molecule has 0 aliphatic carbocycles. The van der Waals surface area contributed by atoms with Gasteiger partial charge in [0.15, 0.2) is 0 Å². The molecule has 0 unspecified atom stereocenters. The summed E-state index contributed by atoms with van der Waals surface area (Å²) in [6, 6.07) is 0. The molecule has 0 rings (SSSR count). The highest BCUT2D eigenvalue weighted by Gasteiger charge is 2.00. The summed E-state index contributed by atoms with van der Waals surface area (Å²) >= 11 is 0. The maximum Gasteiger partial charge on any atom is 0.303 e. The van der Waals surface area contributed by atoms with Gasteiger partial charge >= 0.3 is 11.9 Å². The summed E-state index contributed by atoms with van der Waals surface area (Å²) in [5.74, 6) is -2.15. The smallest absolute Gasteiger partial charge is 0.303 e. The number of ether oxygens (including phenoxy) is 3. The number of rotatable bonds is 15. The molecule has 9 nitrogen and oxygen atoms in total. The predicted octanol–water partition coefficient (Wildman–Crippen LogP) is -0.330. The Morgan fingerprint density at radius 1 is 0.652 bits per heavy atom. The molecule has 0 amide bonds. The molecule has 0 saturated carbocycles. The van der Waals surface area contributed by atoms with Crippen molar-refractivity contribution >= 4 is 11.9 Å². The van der Waals surface area contributed by atoms with Gasteiger partial charge in [-0.1, -0.05) is 0 Å². The molecule has 0 aromatic carbocycles. The van der Waals surface area contributed by atoms with E-state index in [1.54, 1.807) is 0 Å². The Hall–Kier alpha value is -1.26. The first-order valence-corrected chi connectivity index (χ1v) is 7.61. The summed E-state index contributed by atoms with van der Waals surface area (Å²) < 4.78 is 15.8. The summed E-state index contributed by atoms with van der Waals surface area (Å²) in [4.78, 5) is 19.3. The van der Waals surface area contributed by atoms with Gasteiger partial charge in [0.1, 0.15) is 0 Å². The Morgan fingerprint density at radius 2 is 0.957 bits per heavy atom. The van der Waals surface area contributed by atoms with E-state index >= 15 is 0 Å². The van der Waals surface area contributed by atoms with Crippen LogP contribution in [0, 0.1) is 0 Å². The molecule has 0 aromatic rings. The van der Waals surface area contributed by atoms with Gasteiger partial charge in [0.25, 0.3) is 0 Å². The average Bonchev–Trinajstić information content (AvgIpc) is 2.51. The third-order valence-corrected chi connectivity index (χ3v) is 2.28. The fourth-order valence-electron chi connectivity index (χ4n) is 1.13. The first-order valence-electron chi connectivity index (χ1n) is 7.61. The van der Waals surface area contributed by atoms with Gasteiger partial charge in [-0.2, -0.15) is 0 Å². The zero-order chi connectivity index (χ0) is 17.8. The Balaban J connectivity index is 0. The molecule has 0 spiro atoms. The van der Waals surface area contributed by atoms with E-state index in [0.717, 1.165) is 12.8 Å². The second kappa shape index (κ2) is 20.7. The van der Waals surface area contributed by atoms with Crippen LogP contribution in [0.1, 0.15) is 25.7 Å². The predicted molar refractivity (Wildman–Crippen MR) is 84.3 cm³/mol. The largest absolute Gasteiger partial charge is 0.481 e. The van der Waals surface area contributed by atoms with Crippen molar-refractivity contribution in [2.75, 3.05) is 52.7 Å². The topological polar surface area (TPSA) is 154 Å². The Bertz CT molecular complexity index is 252. The molecule has 0 aliphatic rings. The summed E-state index contributed by atoms with van der Waals surface area (Å²) in [5.41, 5.74) is 10.6. The van der Waals surface area contributed by atoms with E-state index in [1.807, 2.05) is 0 Å². The summed E-state index contributed by atoms with van der Waals surface area (Å²) in [6.45, 7) is 5.27. The van der Waals surface area contributed by atoms with Crippen LogP contribution in [0.5, 0.6) is 0 Å². The van der Waals surface area contributed by atoms with Crippen molar-refractivity contribution in [2.24, 2.45) is 11.5 Å². The zero-order valence-corrected chi connectivity index (χ0v) is 13.6. The fourth-order valence-corrected chi connectivity index (χ4v) is 1.13. The fraction of sp³-hybridized carbons (Fsp3) is 0.857. The van der Waals surface area contributed by atoms with E-state index in [1.165, 1.54) is 0 Å². The van der Waals surface area contributed by atoms with Crippen molar-refractivity contribution in [3.05, 3.63) is 0 Å². The molecular weight excluding hydrogens is 308 g/mol. The number of hydrogen-bond acceptors (Lipinski definition) is 7. The third-order valence-electron chi connectivity index (χ3n) is 2.28. The molecule has 0 heterocycles. The van der Waals surface area contributed by atoms with Gasteiger partial charge < -0.3 is 35.9 Å².